The molecule has 0 heterocycles. The number of benzene rings is 1. The topological polar surface area (TPSA) is 140 Å². The van der Waals surface area contributed by atoms with Crippen molar-refractivity contribution in [2.75, 3.05) is 25.5 Å². The van der Waals surface area contributed by atoms with Gasteiger partial charge in [0, 0.05) is 13.1 Å². The van der Waals surface area contributed by atoms with Gasteiger partial charge in [0.1, 0.15) is 18.8 Å². The van der Waals surface area contributed by atoms with E-state index < -0.39 is 33.7 Å². The summed E-state index contributed by atoms with van der Waals surface area (Å²) in [5.41, 5.74) is -0.251. The lowest BCUT2D eigenvalue weighted by molar-refractivity contribution is -0.384. The van der Waals surface area contributed by atoms with Crippen molar-refractivity contribution < 1.29 is 13.3 Å². The largest absolute Gasteiger partial charge is 0.383 e. The van der Waals surface area contributed by atoms with Crippen LogP contribution in [-0.2, 0) is 10.0 Å². The molecule has 0 unspecified atom stereocenters. The first-order chi connectivity index (χ1) is 9.88. The molecule has 1 rings (SSSR count). The molecular formula is C11H11N5O4S. The summed E-state index contributed by atoms with van der Waals surface area (Å²) in [6.45, 7) is -1.03. The fourth-order valence-electron chi connectivity index (χ4n) is 1.57. The number of anilines is 1. The number of nitriles is 2. The summed E-state index contributed by atoms with van der Waals surface area (Å²) in [6, 6.07) is 6.60. The average molecular weight is 309 g/mol. The zero-order chi connectivity index (χ0) is 16.0. The molecular weight excluding hydrogens is 298 g/mol. The predicted octanol–water partition coefficient (Wildman–Crippen LogP) is 0.674. The smallest absolute Gasteiger partial charge is 0.293 e. The summed E-state index contributed by atoms with van der Waals surface area (Å²) in [6.07, 6.45) is 0. The van der Waals surface area contributed by atoms with Gasteiger partial charge in [0.05, 0.1) is 22.0 Å². The maximum absolute atomic E-state index is 12.3. The van der Waals surface area contributed by atoms with Crippen LogP contribution in [0.3, 0.4) is 0 Å². The van der Waals surface area contributed by atoms with Crippen LogP contribution in [-0.4, -0.2) is 37.8 Å². The van der Waals surface area contributed by atoms with Crippen molar-refractivity contribution in [3.63, 3.8) is 0 Å². The van der Waals surface area contributed by atoms with Crippen LogP contribution >= 0.6 is 0 Å². The Morgan fingerprint density at radius 3 is 2.33 bits per heavy atom. The van der Waals surface area contributed by atoms with Crippen LogP contribution in [0.4, 0.5) is 11.4 Å². The lowest BCUT2D eigenvalue weighted by atomic mass is 10.3. The number of nitrogens with one attached hydrogen (secondary N) is 1. The standard InChI is InChI=1S/C11H11N5O4S/c1-14-10-3-2-9(8-11(10)16(17)18)21(19,20)15(6-4-12)7-5-13/h2-3,8,14H,6-7H2,1H3. The van der Waals surface area contributed by atoms with E-state index in [1.165, 1.54) is 19.2 Å². The summed E-state index contributed by atoms with van der Waals surface area (Å²) in [7, 11) is -2.68. The van der Waals surface area contributed by atoms with Crippen molar-refractivity contribution in [3.8, 4) is 12.1 Å². The fourth-order valence-corrected chi connectivity index (χ4v) is 2.82. The van der Waals surface area contributed by atoms with Crippen molar-refractivity contribution in [1.82, 2.24) is 4.31 Å². The Balaban J connectivity index is 3.38. The quantitative estimate of drug-likeness (QED) is 0.462. The van der Waals surface area contributed by atoms with E-state index in [9.17, 15) is 18.5 Å². The molecule has 1 aromatic rings. The van der Waals surface area contributed by atoms with E-state index in [1.54, 1.807) is 12.1 Å². The zero-order valence-corrected chi connectivity index (χ0v) is 11.8. The summed E-state index contributed by atoms with van der Waals surface area (Å²) >= 11 is 0. The van der Waals surface area contributed by atoms with Crippen LogP contribution in [0.15, 0.2) is 23.1 Å². The molecule has 1 aromatic carbocycles. The van der Waals surface area contributed by atoms with E-state index in [1.807, 2.05) is 0 Å². The third-order valence-electron chi connectivity index (χ3n) is 2.57. The monoisotopic (exact) mass is 309 g/mol. The third-order valence-corrected chi connectivity index (χ3v) is 4.35. The summed E-state index contributed by atoms with van der Waals surface area (Å²) < 4.78 is 25.2. The first-order valence-corrected chi connectivity index (χ1v) is 7.02. The van der Waals surface area contributed by atoms with Crippen LogP contribution in [0.2, 0.25) is 0 Å². The molecule has 110 valence electrons. The average Bonchev–Trinajstić information content (AvgIpc) is 2.46. The Morgan fingerprint density at radius 2 is 1.90 bits per heavy atom. The van der Waals surface area contributed by atoms with E-state index in [-0.39, 0.29) is 10.6 Å². The highest BCUT2D eigenvalue weighted by atomic mass is 32.2. The van der Waals surface area contributed by atoms with Crippen molar-refractivity contribution in [2.24, 2.45) is 0 Å². The van der Waals surface area contributed by atoms with Gasteiger partial charge in [-0.3, -0.25) is 10.1 Å². The van der Waals surface area contributed by atoms with Crippen LogP contribution in [0.5, 0.6) is 0 Å². The van der Waals surface area contributed by atoms with E-state index in [2.05, 4.69) is 5.32 Å². The highest BCUT2D eigenvalue weighted by molar-refractivity contribution is 7.89. The molecule has 0 radical (unpaired) electrons. The van der Waals surface area contributed by atoms with Crippen LogP contribution < -0.4 is 5.32 Å². The van der Waals surface area contributed by atoms with Gasteiger partial charge < -0.3 is 5.32 Å². The Morgan fingerprint density at radius 1 is 1.33 bits per heavy atom. The molecule has 0 spiro atoms. The maximum atomic E-state index is 12.3. The van der Waals surface area contributed by atoms with Gasteiger partial charge in [-0.25, -0.2) is 8.42 Å². The Kier molecular flexibility index (Phi) is 5.18. The lowest BCUT2D eigenvalue weighted by Gasteiger charge is -2.16. The van der Waals surface area contributed by atoms with E-state index in [4.69, 9.17) is 10.5 Å². The summed E-state index contributed by atoms with van der Waals surface area (Å²) in [5, 5.41) is 30.7. The number of rotatable bonds is 6. The first-order valence-electron chi connectivity index (χ1n) is 5.58. The summed E-state index contributed by atoms with van der Waals surface area (Å²) in [5.74, 6) is 0. The van der Waals surface area contributed by atoms with Crippen molar-refractivity contribution in [3.05, 3.63) is 28.3 Å². The second-order valence-electron chi connectivity index (χ2n) is 3.78. The molecule has 10 heteroatoms. The van der Waals surface area contributed by atoms with E-state index in [0.29, 0.717) is 4.31 Å². The molecule has 21 heavy (non-hydrogen) atoms. The van der Waals surface area contributed by atoms with E-state index >= 15 is 0 Å². The molecule has 0 bridgehead atoms. The van der Waals surface area contributed by atoms with Crippen molar-refractivity contribution in [1.29, 1.82) is 10.5 Å². The SMILES string of the molecule is CNc1ccc(S(=O)(=O)N(CC#N)CC#N)cc1[N+](=O)[O-]. The third kappa shape index (κ3) is 3.45. The molecule has 0 saturated heterocycles. The molecule has 0 aliphatic carbocycles. The normalized spacial score (nSPS) is 10.7. The predicted molar refractivity (Wildman–Crippen MR) is 72.6 cm³/mol. The van der Waals surface area contributed by atoms with Gasteiger partial charge >= 0.3 is 0 Å². The second-order valence-corrected chi connectivity index (χ2v) is 5.71. The molecule has 0 saturated carbocycles. The minimum Gasteiger partial charge on any atom is -0.383 e. The number of hydrogen-bond acceptors (Lipinski definition) is 7. The second kappa shape index (κ2) is 6.65. The number of nitrogens with zero attached hydrogens (tertiary/aromatic N) is 4. The van der Waals surface area contributed by atoms with Gasteiger partial charge in [-0.2, -0.15) is 14.8 Å². The molecule has 1 N–H and O–H groups in total. The number of sulfonamides is 1. The lowest BCUT2D eigenvalue weighted by Crippen LogP contribution is -2.31. The van der Waals surface area contributed by atoms with Gasteiger partial charge in [0.25, 0.3) is 5.69 Å². The first kappa shape index (κ1) is 16.4. The maximum Gasteiger partial charge on any atom is 0.293 e. The highest BCUT2D eigenvalue weighted by Crippen LogP contribution is 2.28. The van der Waals surface area contributed by atoms with Crippen molar-refractivity contribution >= 4 is 21.4 Å². The molecule has 0 aromatic heterocycles. The Bertz CT molecular complexity index is 716. The van der Waals surface area contributed by atoms with Gasteiger partial charge in [0.15, 0.2) is 0 Å². The van der Waals surface area contributed by atoms with E-state index in [0.717, 1.165) is 6.07 Å². The minimum atomic E-state index is -4.15. The fraction of sp³-hybridized carbons (Fsp3) is 0.273. The molecule has 0 aliphatic heterocycles. The number of nitro benzene ring substituents is 1. The summed E-state index contributed by atoms with van der Waals surface area (Å²) in [4.78, 5) is 9.87. The highest BCUT2D eigenvalue weighted by Gasteiger charge is 2.27. The van der Waals surface area contributed by atoms with Gasteiger partial charge in [-0.1, -0.05) is 0 Å². The van der Waals surface area contributed by atoms with Crippen LogP contribution in [0.1, 0.15) is 0 Å². The molecule has 0 amide bonds. The Labute approximate surface area is 121 Å². The van der Waals surface area contributed by atoms with Crippen molar-refractivity contribution in [2.45, 2.75) is 4.90 Å². The van der Waals surface area contributed by atoms with Gasteiger partial charge in [0.2, 0.25) is 10.0 Å². The zero-order valence-electron chi connectivity index (χ0n) is 11.0. The van der Waals surface area contributed by atoms with Gasteiger partial charge in [-0.15, -0.1) is 0 Å². The number of nitro groups is 1. The Hall–Kier alpha value is -2.69. The van der Waals surface area contributed by atoms with Crippen LogP contribution in [0.25, 0.3) is 0 Å². The molecule has 0 fully saturated rings. The molecule has 9 nitrogen and oxygen atoms in total. The van der Waals surface area contributed by atoms with Gasteiger partial charge in [-0.05, 0) is 12.1 Å². The molecule has 0 atom stereocenters. The minimum absolute atomic E-state index is 0.158. The van der Waals surface area contributed by atoms with Crippen LogP contribution in [0, 0.1) is 32.8 Å². The molecule has 0 aliphatic rings. The number of hydrogen-bond donors (Lipinski definition) is 1.